The van der Waals surface area contributed by atoms with E-state index >= 15 is 0 Å². The Morgan fingerprint density at radius 1 is 1.57 bits per heavy atom. The van der Waals surface area contributed by atoms with E-state index in [4.69, 9.17) is 4.74 Å². The van der Waals surface area contributed by atoms with Crippen LogP contribution in [-0.4, -0.2) is 11.9 Å². The van der Waals surface area contributed by atoms with Crippen molar-refractivity contribution in [3.63, 3.8) is 0 Å². The Morgan fingerprint density at radius 3 is 2.79 bits per heavy atom. The molecule has 1 N–H and O–H groups in total. The number of rotatable bonds is 3. The van der Waals surface area contributed by atoms with Crippen LogP contribution in [0.4, 0.5) is 4.79 Å². The molecule has 4 heteroatoms. The third-order valence-electron chi connectivity index (χ3n) is 1.89. The minimum absolute atomic E-state index is 0.203. The number of aryl methyl sites for hydroxylation is 1. The van der Waals surface area contributed by atoms with Crippen LogP contribution in [0.5, 0.6) is 5.75 Å². The van der Waals surface area contributed by atoms with Crippen LogP contribution < -0.4 is 10.1 Å². The van der Waals surface area contributed by atoms with Crippen LogP contribution in [0.25, 0.3) is 0 Å². The van der Waals surface area contributed by atoms with Crippen LogP contribution in [0, 0.1) is 6.92 Å². The third-order valence-corrected chi connectivity index (χ3v) is 2.17. The highest BCUT2D eigenvalue weighted by Gasteiger charge is 2.00. The van der Waals surface area contributed by atoms with Crippen LogP contribution >= 0.6 is 15.9 Å². The lowest BCUT2D eigenvalue weighted by atomic mass is 10.1. The quantitative estimate of drug-likeness (QED) is 0.668. The fourth-order valence-electron chi connectivity index (χ4n) is 1.22. The molecule has 1 aromatic carbocycles. The number of ether oxygens (including phenoxy) is 1. The van der Waals surface area contributed by atoms with Gasteiger partial charge in [-0.2, -0.15) is 0 Å². The lowest BCUT2D eigenvalue weighted by Crippen LogP contribution is -2.15. The zero-order chi connectivity index (χ0) is 10.6. The second kappa shape index (κ2) is 5.00. The van der Waals surface area contributed by atoms with Crippen LogP contribution in [0.3, 0.4) is 0 Å². The van der Waals surface area contributed by atoms with Crippen LogP contribution in [-0.2, 0) is 6.54 Å². The van der Waals surface area contributed by atoms with Crippen molar-refractivity contribution < 1.29 is 9.53 Å². The minimum atomic E-state index is -0.203. The molecule has 1 rings (SSSR count). The first-order valence-corrected chi connectivity index (χ1v) is 4.99. The maximum atomic E-state index is 10.6. The molecule has 1 amide bonds. The smallest absolute Gasteiger partial charge is 0.287 e. The van der Waals surface area contributed by atoms with E-state index in [2.05, 4.69) is 21.2 Å². The summed E-state index contributed by atoms with van der Waals surface area (Å²) >= 11 is 2.80. The van der Waals surface area contributed by atoms with Gasteiger partial charge in [0.2, 0.25) is 0 Å². The Labute approximate surface area is 91.6 Å². The summed E-state index contributed by atoms with van der Waals surface area (Å²) in [7, 11) is 1.64. The molecule has 14 heavy (non-hydrogen) atoms. The van der Waals surface area contributed by atoms with Crippen molar-refractivity contribution in [3.05, 3.63) is 29.3 Å². The van der Waals surface area contributed by atoms with E-state index in [9.17, 15) is 4.79 Å². The van der Waals surface area contributed by atoms with Crippen molar-refractivity contribution in [1.82, 2.24) is 5.32 Å². The summed E-state index contributed by atoms with van der Waals surface area (Å²) in [5.74, 6) is 0.860. The molecule has 0 unspecified atom stereocenters. The molecule has 0 saturated carbocycles. The summed E-state index contributed by atoms with van der Waals surface area (Å²) in [5, 5.41) is 2.66. The van der Waals surface area contributed by atoms with Gasteiger partial charge in [-0.3, -0.25) is 4.79 Å². The molecule has 3 nitrogen and oxygen atoms in total. The molecule has 0 aliphatic heterocycles. The molecule has 0 aromatic heterocycles. The third kappa shape index (κ3) is 3.03. The fourth-order valence-corrected chi connectivity index (χ4v) is 1.36. The van der Waals surface area contributed by atoms with Crippen molar-refractivity contribution in [2.24, 2.45) is 0 Å². The lowest BCUT2D eigenvalue weighted by molar-refractivity contribution is 0.261. The molecular formula is C10H12BrNO2. The first-order valence-electron chi connectivity index (χ1n) is 4.20. The van der Waals surface area contributed by atoms with Gasteiger partial charge in [-0.25, -0.2) is 0 Å². The summed E-state index contributed by atoms with van der Waals surface area (Å²) in [6.07, 6.45) is 0. The van der Waals surface area contributed by atoms with Gasteiger partial charge in [0.15, 0.2) is 0 Å². The average molecular weight is 258 g/mol. The molecular weight excluding hydrogens is 246 g/mol. The van der Waals surface area contributed by atoms with Crippen LogP contribution in [0.15, 0.2) is 18.2 Å². The fraction of sp³-hybridized carbons (Fsp3) is 0.300. The molecule has 76 valence electrons. The van der Waals surface area contributed by atoms with Crippen molar-refractivity contribution >= 4 is 20.7 Å². The zero-order valence-corrected chi connectivity index (χ0v) is 9.72. The van der Waals surface area contributed by atoms with Gasteiger partial charge in [-0.1, -0.05) is 12.1 Å². The largest absolute Gasteiger partial charge is 0.496 e. The predicted molar refractivity (Wildman–Crippen MR) is 58.9 cm³/mol. The van der Waals surface area contributed by atoms with E-state index in [0.717, 1.165) is 16.9 Å². The van der Waals surface area contributed by atoms with Gasteiger partial charge >= 0.3 is 0 Å². The number of amides is 1. The van der Waals surface area contributed by atoms with Gasteiger partial charge in [0.05, 0.1) is 7.11 Å². The minimum Gasteiger partial charge on any atom is -0.496 e. The van der Waals surface area contributed by atoms with E-state index < -0.39 is 0 Å². The Morgan fingerprint density at radius 2 is 2.29 bits per heavy atom. The van der Waals surface area contributed by atoms with Crippen molar-refractivity contribution in [1.29, 1.82) is 0 Å². The molecule has 0 heterocycles. The molecule has 0 bridgehead atoms. The van der Waals surface area contributed by atoms with E-state index in [1.165, 1.54) is 0 Å². The van der Waals surface area contributed by atoms with E-state index in [1.54, 1.807) is 7.11 Å². The number of methoxy groups -OCH3 is 1. The summed E-state index contributed by atoms with van der Waals surface area (Å²) in [6.45, 7) is 2.49. The monoisotopic (exact) mass is 257 g/mol. The second-order valence-corrected chi connectivity index (χ2v) is 3.65. The molecule has 0 atom stereocenters. The standard InChI is InChI=1S/C10H12BrNO2/c1-7-5-8(6-12-10(11)13)3-4-9(7)14-2/h3-5H,6H2,1-2H3,(H,12,13). The molecule has 0 aliphatic carbocycles. The van der Waals surface area contributed by atoms with Gasteiger partial charge in [-0.05, 0) is 24.1 Å². The Kier molecular flexibility index (Phi) is 3.95. The maximum absolute atomic E-state index is 10.6. The first kappa shape index (κ1) is 11.0. The summed E-state index contributed by atoms with van der Waals surface area (Å²) < 4.78 is 5.13. The predicted octanol–water partition coefficient (Wildman–Crippen LogP) is 2.61. The Hall–Kier alpha value is -1.03. The highest BCUT2D eigenvalue weighted by atomic mass is 79.9. The maximum Gasteiger partial charge on any atom is 0.287 e. The Balaban J connectivity index is 2.71. The number of carbonyl (C=O) groups is 1. The normalized spacial score (nSPS) is 9.64. The van der Waals surface area contributed by atoms with E-state index in [-0.39, 0.29) is 4.82 Å². The SMILES string of the molecule is COc1ccc(CNC(=O)Br)cc1C. The zero-order valence-electron chi connectivity index (χ0n) is 8.13. The molecule has 0 fully saturated rings. The highest BCUT2D eigenvalue weighted by molar-refractivity contribution is 9.18. The number of halogens is 1. The van der Waals surface area contributed by atoms with Gasteiger partial charge in [0, 0.05) is 22.5 Å². The van der Waals surface area contributed by atoms with Crippen LogP contribution in [0.2, 0.25) is 0 Å². The van der Waals surface area contributed by atoms with Crippen LogP contribution in [0.1, 0.15) is 11.1 Å². The molecule has 0 aliphatic rings. The number of hydrogen-bond donors (Lipinski definition) is 1. The van der Waals surface area contributed by atoms with Crippen molar-refractivity contribution in [2.75, 3.05) is 7.11 Å². The van der Waals surface area contributed by atoms with E-state index in [0.29, 0.717) is 6.54 Å². The summed E-state index contributed by atoms with van der Waals surface area (Å²) in [5.41, 5.74) is 2.12. The van der Waals surface area contributed by atoms with Gasteiger partial charge in [-0.15, -0.1) is 0 Å². The summed E-state index contributed by atoms with van der Waals surface area (Å²) in [4.78, 5) is 10.4. The van der Waals surface area contributed by atoms with Crippen molar-refractivity contribution in [2.45, 2.75) is 13.5 Å². The molecule has 0 spiro atoms. The lowest BCUT2D eigenvalue weighted by Gasteiger charge is -2.07. The average Bonchev–Trinajstić information content (AvgIpc) is 2.15. The van der Waals surface area contributed by atoms with E-state index in [1.807, 2.05) is 25.1 Å². The highest BCUT2D eigenvalue weighted by Crippen LogP contribution is 2.18. The number of benzene rings is 1. The number of hydrogen-bond acceptors (Lipinski definition) is 2. The summed E-state index contributed by atoms with van der Waals surface area (Å²) in [6, 6.07) is 5.81. The van der Waals surface area contributed by atoms with Gasteiger partial charge in [0.25, 0.3) is 4.82 Å². The Bertz CT molecular complexity index is 339. The molecule has 1 aromatic rings. The second-order valence-electron chi connectivity index (χ2n) is 2.93. The molecule has 0 radical (unpaired) electrons. The van der Waals surface area contributed by atoms with Gasteiger partial charge < -0.3 is 10.1 Å². The van der Waals surface area contributed by atoms with Crippen molar-refractivity contribution in [3.8, 4) is 5.75 Å². The first-order chi connectivity index (χ1) is 6.63. The van der Waals surface area contributed by atoms with Gasteiger partial charge in [0.1, 0.15) is 5.75 Å². The topological polar surface area (TPSA) is 38.3 Å². The molecule has 0 saturated heterocycles. The number of carbonyl (C=O) groups excluding carboxylic acids is 1. The number of nitrogens with one attached hydrogen (secondary N) is 1.